The third kappa shape index (κ3) is 3.06. The van der Waals surface area contributed by atoms with Crippen molar-refractivity contribution in [1.82, 2.24) is 0 Å². The van der Waals surface area contributed by atoms with E-state index in [-0.39, 0.29) is 10.7 Å². The lowest BCUT2D eigenvalue weighted by molar-refractivity contribution is 0.632. The van der Waals surface area contributed by atoms with E-state index < -0.39 is 5.82 Å². The van der Waals surface area contributed by atoms with E-state index in [2.05, 4.69) is 11.4 Å². The quantitative estimate of drug-likeness (QED) is 0.788. The van der Waals surface area contributed by atoms with E-state index in [1.807, 2.05) is 19.1 Å². The third-order valence-electron chi connectivity index (χ3n) is 2.66. The second-order valence-corrected chi connectivity index (χ2v) is 5.66. The number of nitrogens with one attached hydrogen (secondary N) is 1. The molecule has 0 radical (unpaired) electrons. The van der Waals surface area contributed by atoms with Crippen molar-refractivity contribution in [2.45, 2.75) is 11.8 Å². The lowest BCUT2D eigenvalue weighted by Gasteiger charge is -2.12. The molecule has 0 saturated heterocycles. The Balaban J connectivity index is 2.44. The second kappa shape index (κ2) is 6.65. The summed E-state index contributed by atoms with van der Waals surface area (Å²) in [5.41, 5.74) is 1.24. The van der Waals surface area contributed by atoms with Gasteiger partial charge in [-0.25, -0.2) is 4.39 Å². The van der Waals surface area contributed by atoms with Gasteiger partial charge in [0, 0.05) is 4.90 Å². The molecule has 0 aliphatic heterocycles. The van der Waals surface area contributed by atoms with E-state index in [0.29, 0.717) is 11.3 Å². The van der Waals surface area contributed by atoms with E-state index in [9.17, 15) is 9.65 Å². The fourth-order valence-corrected chi connectivity index (χ4v) is 2.77. The number of benzene rings is 2. The van der Waals surface area contributed by atoms with Crippen molar-refractivity contribution in [2.75, 3.05) is 11.1 Å². The highest BCUT2D eigenvalue weighted by atomic mass is 35.5. The number of anilines is 2. The van der Waals surface area contributed by atoms with Crippen LogP contribution in [0.4, 0.5) is 15.8 Å². The smallest absolute Gasteiger partial charge is 0.148 e. The molecule has 0 spiro atoms. The Hall–Kier alpha value is -1.70. The molecule has 102 valence electrons. The third-order valence-corrected chi connectivity index (χ3v) is 3.92. The Morgan fingerprint density at radius 2 is 2.05 bits per heavy atom. The molecule has 0 heterocycles. The van der Waals surface area contributed by atoms with Gasteiger partial charge in [-0.1, -0.05) is 30.7 Å². The van der Waals surface area contributed by atoms with E-state index in [4.69, 9.17) is 11.6 Å². The molecule has 5 heteroatoms. The molecular weight excluding hydrogens is 295 g/mol. The van der Waals surface area contributed by atoms with Crippen LogP contribution in [-0.4, -0.2) is 5.75 Å². The van der Waals surface area contributed by atoms with Gasteiger partial charge in [-0.3, -0.25) is 0 Å². The van der Waals surface area contributed by atoms with Crippen LogP contribution in [-0.2, 0) is 0 Å². The zero-order valence-corrected chi connectivity index (χ0v) is 12.4. The molecule has 0 fully saturated rings. The van der Waals surface area contributed by atoms with Gasteiger partial charge >= 0.3 is 0 Å². The number of hydrogen-bond acceptors (Lipinski definition) is 3. The molecule has 0 atom stereocenters. The van der Waals surface area contributed by atoms with Crippen molar-refractivity contribution in [2.24, 2.45) is 0 Å². The molecule has 2 nitrogen and oxygen atoms in total. The topological polar surface area (TPSA) is 35.8 Å². The van der Waals surface area contributed by atoms with E-state index in [1.165, 1.54) is 12.1 Å². The standard InChI is InChI=1S/C15H12ClFN2S/c1-2-20-14-8-4-7-13(10(14)9-18)19-15-11(16)5-3-6-12(15)17/h3-8,19H,2H2,1H3. The van der Waals surface area contributed by atoms with Crippen LogP contribution in [0.1, 0.15) is 12.5 Å². The van der Waals surface area contributed by atoms with E-state index in [0.717, 1.165) is 10.6 Å². The molecule has 2 aromatic rings. The second-order valence-electron chi connectivity index (χ2n) is 3.95. The monoisotopic (exact) mass is 306 g/mol. The summed E-state index contributed by atoms with van der Waals surface area (Å²) in [7, 11) is 0. The normalized spacial score (nSPS) is 10.1. The van der Waals surface area contributed by atoms with Crippen molar-refractivity contribution in [3.05, 3.63) is 52.8 Å². The van der Waals surface area contributed by atoms with Crippen molar-refractivity contribution in [3.8, 4) is 6.07 Å². The van der Waals surface area contributed by atoms with Gasteiger partial charge < -0.3 is 5.32 Å². The molecule has 0 aliphatic rings. The minimum absolute atomic E-state index is 0.185. The lowest BCUT2D eigenvalue weighted by atomic mass is 10.2. The number of nitriles is 1. The Labute approximate surface area is 126 Å². The maximum Gasteiger partial charge on any atom is 0.148 e. The van der Waals surface area contributed by atoms with Gasteiger partial charge in [0.1, 0.15) is 11.9 Å². The SMILES string of the molecule is CCSc1cccc(Nc2c(F)cccc2Cl)c1C#N. The van der Waals surface area contributed by atoms with Crippen LogP contribution >= 0.6 is 23.4 Å². The Morgan fingerprint density at radius 1 is 1.30 bits per heavy atom. The summed E-state index contributed by atoms with van der Waals surface area (Å²) >= 11 is 7.56. The molecule has 2 rings (SSSR count). The minimum atomic E-state index is -0.449. The molecule has 0 bridgehead atoms. The van der Waals surface area contributed by atoms with Gasteiger partial charge in [-0.05, 0) is 30.0 Å². The number of hydrogen-bond donors (Lipinski definition) is 1. The van der Waals surface area contributed by atoms with Gasteiger partial charge in [0.15, 0.2) is 0 Å². The Morgan fingerprint density at radius 3 is 2.70 bits per heavy atom. The molecule has 0 aliphatic carbocycles. The van der Waals surface area contributed by atoms with Gasteiger partial charge in [-0.15, -0.1) is 11.8 Å². The summed E-state index contributed by atoms with van der Waals surface area (Å²) in [6.45, 7) is 2.01. The van der Waals surface area contributed by atoms with Gasteiger partial charge in [0.2, 0.25) is 0 Å². The van der Waals surface area contributed by atoms with E-state index in [1.54, 1.807) is 23.9 Å². The number of rotatable bonds is 4. The fourth-order valence-electron chi connectivity index (χ4n) is 1.78. The molecule has 20 heavy (non-hydrogen) atoms. The zero-order chi connectivity index (χ0) is 14.5. The van der Waals surface area contributed by atoms with Crippen LogP contribution in [0.15, 0.2) is 41.3 Å². The highest BCUT2D eigenvalue weighted by molar-refractivity contribution is 7.99. The van der Waals surface area contributed by atoms with Gasteiger partial charge in [0.25, 0.3) is 0 Å². The van der Waals surface area contributed by atoms with Crippen molar-refractivity contribution in [3.63, 3.8) is 0 Å². The van der Waals surface area contributed by atoms with Crippen LogP contribution in [0.25, 0.3) is 0 Å². The molecular formula is C15H12ClFN2S. The maximum atomic E-state index is 13.8. The first-order chi connectivity index (χ1) is 9.67. The number of nitrogens with zero attached hydrogens (tertiary/aromatic N) is 1. The van der Waals surface area contributed by atoms with Crippen LogP contribution in [0, 0.1) is 17.1 Å². The van der Waals surface area contributed by atoms with Crippen molar-refractivity contribution >= 4 is 34.7 Å². The summed E-state index contributed by atoms with van der Waals surface area (Å²) < 4.78 is 13.8. The first-order valence-electron chi connectivity index (χ1n) is 6.04. The molecule has 0 saturated carbocycles. The average Bonchev–Trinajstić information content (AvgIpc) is 2.43. The van der Waals surface area contributed by atoms with E-state index >= 15 is 0 Å². The predicted molar refractivity (Wildman–Crippen MR) is 82.2 cm³/mol. The molecule has 1 N–H and O–H groups in total. The highest BCUT2D eigenvalue weighted by Crippen LogP contribution is 2.33. The van der Waals surface area contributed by atoms with Crippen molar-refractivity contribution < 1.29 is 4.39 Å². The first-order valence-corrected chi connectivity index (χ1v) is 7.40. The predicted octanol–water partition coefficient (Wildman–Crippen LogP) is 5.21. The average molecular weight is 307 g/mol. The van der Waals surface area contributed by atoms with Crippen molar-refractivity contribution in [1.29, 1.82) is 5.26 Å². The fraction of sp³-hybridized carbons (Fsp3) is 0.133. The minimum Gasteiger partial charge on any atom is -0.351 e. The zero-order valence-electron chi connectivity index (χ0n) is 10.8. The van der Waals surface area contributed by atoms with Gasteiger partial charge in [-0.2, -0.15) is 5.26 Å². The lowest BCUT2D eigenvalue weighted by Crippen LogP contribution is -1.98. The number of thioether (sulfide) groups is 1. The first kappa shape index (κ1) is 14.7. The molecule has 0 unspecified atom stereocenters. The van der Waals surface area contributed by atoms with Crippen LogP contribution in [0.2, 0.25) is 5.02 Å². The van der Waals surface area contributed by atoms with Crippen LogP contribution in [0.3, 0.4) is 0 Å². The molecule has 0 amide bonds. The molecule has 2 aromatic carbocycles. The van der Waals surface area contributed by atoms with Crippen LogP contribution < -0.4 is 5.32 Å². The number of halogens is 2. The summed E-state index contributed by atoms with van der Waals surface area (Å²) in [4.78, 5) is 0.868. The Kier molecular flexibility index (Phi) is 4.89. The summed E-state index contributed by atoms with van der Waals surface area (Å²) in [5, 5.41) is 12.5. The van der Waals surface area contributed by atoms with Crippen LogP contribution in [0.5, 0.6) is 0 Å². The molecule has 0 aromatic heterocycles. The Bertz CT molecular complexity index is 647. The summed E-state index contributed by atoms with van der Waals surface area (Å²) in [6, 6.07) is 12.1. The number of para-hydroxylation sites is 1. The van der Waals surface area contributed by atoms with Gasteiger partial charge in [0.05, 0.1) is 22.0 Å². The largest absolute Gasteiger partial charge is 0.351 e. The highest BCUT2D eigenvalue weighted by Gasteiger charge is 2.12. The summed E-state index contributed by atoms with van der Waals surface area (Å²) in [6.07, 6.45) is 0. The maximum absolute atomic E-state index is 13.8. The summed E-state index contributed by atoms with van der Waals surface area (Å²) in [5.74, 6) is 0.411.